The third kappa shape index (κ3) is 5.45. The zero-order valence-electron chi connectivity index (χ0n) is 23.6. The fraction of sp³-hybridized carbons (Fsp3) is 0.400. The van der Waals surface area contributed by atoms with Crippen LogP contribution in [-0.2, 0) is 11.8 Å². The van der Waals surface area contributed by atoms with Crippen molar-refractivity contribution in [2.24, 2.45) is 24.8 Å². The highest BCUT2D eigenvalue weighted by Gasteiger charge is 2.54. The summed E-state index contributed by atoms with van der Waals surface area (Å²) in [7, 11) is 2.75. The van der Waals surface area contributed by atoms with Crippen molar-refractivity contribution in [3.63, 3.8) is 0 Å². The number of nitrogens with one attached hydrogen (secondary N) is 3. The highest BCUT2D eigenvalue weighted by atomic mass is 35.5. The van der Waals surface area contributed by atoms with E-state index in [0.29, 0.717) is 43.5 Å². The van der Waals surface area contributed by atoms with Crippen LogP contribution in [0.3, 0.4) is 0 Å². The van der Waals surface area contributed by atoms with Crippen molar-refractivity contribution in [3.8, 4) is 17.0 Å². The van der Waals surface area contributed by atoms with Crippen LogP contribution >= 0.6 is 11.6 Å². The number of likely N-dealkylation sites (tertiary alicyclic amines) is 1. The molecule has 3 atom stereocenters. The average molecular weight is 613 g/mol. The summed E-state index contributed by atoms with van der Waals surface area (Å²) in [5.74, 6) is -2.32. The third-order valence-corrected chi connectivity index (χ3v) is 9.06. The maximum atomic E-state index is 14.6. The Morgan fingerprint density at radius 1 is 1.07 bits per heavy atom. The van der Waals surface area contributed by atoms with Gasteiger partial charge in [-0.15, -0.1) is 0 Å². The van der Waals surface area contributed by atoms with Gasteiger partial charge in [-0.2, -0.15) is 4.39 Å². The molecular formula is C30H31ClF2N6O4. The van der Waals surface area contributed by atoms with E-state index in [-0.39, 0.29) is 57.2 Å². The number of amides is 3. The molecule has 1 saturated carbocycles. The number of hydrogen-bond acceptors (Lipinski definition) is 6. The van der Waals surface area contributed by atoms with E-state index in [1.54, 1.807) is 17.0 Å². The van der Waals surface area contributed by atoms with Gasteiger partial charge in [0.05, 0.1) is 29.6 Å². The first-order valence-electron chi connectivity index (χ1n) is 14.1. The summed E-state index contributed by atoms with van der Waals surface area (Å²) >= 11 is 6.46. The van der Waals surface area contributed by atoms with Crippen molar-refractivity contribution in [3.05, 3.63) is 64.6 Å². The number of benzene rings is 2. The minimum absolute atomic E-state index is 0.0460. The standard InChI is InChI=1S/C30H31ClF2N6O4/c1-38-22(18-5-6-23(43-2)25(33)24(18)32)14-35-27(38)29(41)36-16-3-4-17(21(31)11-16)30(42)39-9-7-15(8-10-39)28(40)37-26-19-12-34-13-20(19)26/h3-6,11,14-15,19-20,26,34H,7-10,12-13H2,1-2H3,(H,36,41)(H,37,40)/t19-,20+,26+. The molecule has 13 heteroatoms. The highest BCUT2D eigenvalue weighted by molar-refractivity contribution is 6.34. The molecule has 3 aliphatic rings. The molecule has 0 radical (unpaired) electrons. The normalized spacial score (nSPS) is 21.3. The molecule has 226 valence electrons. The van der Waals surface area contributed by atoms with Crippen LogP contribution in [-0.4, -0.2) is 71.5 Å². The first kappa shape index (κ1) is 29.1. The molecule has 1 aliphatic carbocycles. The summed E-state index contributed by atoms with van der Waals surface area (Å²) in [5.41, 5.74) is 0.730. The molecule has 3 heterocycles. The van der Waals surface area contributed by atoms with Gasteiger partial charge in [-0.1, -0.05) is 11.6 Å². The molecule has 1 aromatic heterocycles. The van der Waals surface area contributed by atoms with Gasteiger partial charge in [-0.05, 0) is 55.0 Å². The van der Waals surface area contributed by atoms with Crippen molar-refractivity contribution in [1.29, 1.82) is 0 Å². The molecule has 2 saturated heterocycles. The van der Waals surface area contributed by atoms with Gasteiger partial charge in [0.1, 0.15) is 0 Å². The Morgan fingerprint density at radius 3 is 2.47 bits per heavy atom. The van der Waals surface area contributed by atoms with Crippen LogP contribution in [0.25, 0.3) is 11.3 Å². The molecule has 0 spiro atoms. The number of anilines is 1. The van der Waals surface area contributed by atoms with Gasteiger partial charge in [0, 0.05) is 56.4 Å². The number of aromatic nitrogens is 2. The second kappa shape index (κ2) is 11.6. The number of rotatable bonds is 7. The van der Waals surface area contributed by atoms with Crippen LogP contribution in [0.5, 0.6) is 5.75 Å². The van der Waals surface area contributed by atoms with E-state index in [0.717, 1.165) is 13.1 Å². The number of carbonyl (C=O) groups is 3. The number of methoxy groups -OCH3 is 1. The Balaban J connectivity index is 1.06. The van der Waals surface area contributed by atoms with Crippen molar-refractivity contribution in [2.45, 2.75) is 18.9 Å². The zero-order valence-corrected chi connectivity index (χ0v) is 24.4. The summed E-state index contributed by atoms with van der Waals surface area (Å²) in [4.78, 5) is 44.7. The van der Waals surface area contributed by atoms with E-state index < -0.39 is 17.5 Å². The van der Waals surface area contributed by atoms with Crippen molar-refractivity contribution < 1.29 is 27.9 Å². The number of fused-ring (bicyclic) bond motifs is 1. The lowest BCUT2D eigenvalue weighted by Crippen LogP contribution is -2.44. The minimum Gasteiger partial charge on any atom is -0.494 e. The van der Waals surface area contributed by atoms with Crippen LogP contribution in [0.1, 0.15) is 33.8 Å². The molecule has 10 nitrogen and oxygen atoms in total. The van der Waals surface area contributed by atoms with Crippen LogP contribution in [0.15, 0.2) is 36.5 Å². The SMILES string of the molecule is COc1ccc(-c2cnc(C(=O)Nc3ccc(C(=O)N4CCC(C(=O)N[C@H]5[C@@H]6CNC[C@@H]65)CC4)c(Cl)c3)n2C)c(F)c1F. The summed E-state index contributed by atoms with van der Waals surface area (Å²) in [6, 6.07) is 7.49. The smallest absolute Gasteiger partial charge is 0.291 e. The topological polar surface area (TPSA) is 118 Å². The maximum absolute atomic E-state index is 14.6. The first-order chi connectivity index (χ1) is 20.7. The van der Waals surface area contributed by atoms with Gasteiger partial charge in [0.15, 0.2) is 17.4 Å². The minimum atomic E-state index is -1.14. The molecule has 6 rings (SSSR count). The van der Waals surface area contributed by atoms with Crippen molar-refractivity contribution in [1.82, 2.24) is 25.1 Å². The lowest BCUT2D eigenvalue weighted by Gasteiger charge is -2.31. The second-order valence-electron chi connectivity index (χ2n) is 11.2. The molecule has 3 aromatic rings. The predicted octanol–water partition coefficient (Wildman–Crippen LogP) is 3.47. The third-order valence-electron chi connectivity index (χ3n) is 8.74. The maximum Gasteiger partial charge on any atom is 0.291 e. The number of imidazole rings is 1. The van der Waals surface area contributed by atoms with E-state index in [1.807, 2.05) is 0 Å². The van der Waals surface area contributed by atoms with Crippen LogP contribution < -0.4 is 20.7 Å². The number of hydrogen-bond donors (Lipinski definition) is 3. The number of halogens is 3. The Bertz CT molecular complexity index is 1600. The number of carbonyl (C=O) groups excluding carboxylic acids is 3. The monoisotopic (exact) mass is 612 g/mol. The average Bonchev–Trinajstić information content (AvgIpc) is 3.29. The fourth-order valence-corrected chi connectivity index (χ4v) is 6.40. The van der Waals surface area contributed by atoms with Crippen LogP contribution in [0, 0.1) is 29.4 Å². The van der Waals surface area contributed by atoms with E-state index in [4.69, 9.17) is 16.3 Å². The molecule has 3 amide bonds. The van der Waals surface area contributed by atoms with Gasteiger partial charge in [0.25, 0.3) is 11.8 Å². The number of ether oxygens (including phenoxy) is 1. The molecule has 0 unspecified atom stereocenters. The molecule has 0 bridgehead atoms. The lowest BCUT2D eigenvalue weighted by atomic mass is 9.95. The van der Waals surface area contributed by atoms with Gasteiger partial charge >= 0.3 is 0 Å². The first-order valence-corrected chi connectivity index (χ1v) is 14.5. The van der Waals surface area contributed by atoms with Crippen LogP contribution in [0.2, 0.25) is 5.02 Å². The molecule has 2 aromatic carbocycles. The van der Waals surface area contributed by atoms with E-state index in [2.05, 4.69) is 20.9 Å². The molecule has 3 N–H and O–H groups in total. The van der Waals surface area contributed by atoms with E-state index in [1.165, 1.54) is 43.1 Å². The Morgan fingerprint density at radius 2 is 1.79 bits per heavy atom. The van der Waals surface area contributed by atoms with Crippen molar-refractivity contribution in [2.75, 3.05) is 38.6 Å². The van der Waals surface area contributed by atoms with Crippen LogP contribution in [0.4, 0.5) is 14.5 Å². The number of nitrogens with zero attached hydrogens (tertiary/aromatic N) is 3. The Kier molecular flexibility index (Phi) is 7.82. The zero-order chi connectivity index (χ0) is 30.4. The lowest BCUT2D eigenvalue weighted by molar-refractivity contribution is -0.126. The molecular weight excluding hydrogens is 582 g/mol. The highest BCUT2D eigenvalue weighted by Crippen LogP contribution is 2.42. The Labute approximate surface area is 251 Å². The molecule has 43 heavy (non-hydrogen) atoms. The van der Waals surface area contributed by atoms with Gasteiger partial charge in [-0.3, -0.25) is 14.4 Å². The van der Waals surface area contributed by atoms with Gasteiger partial charge in [0.2, 0.25) is 11.7 Å². The molecule has 2 aliphatic heterocycles. The summed E-state index contributed by atoms with van der Waals surface area (Å²) in [5, 5.41) is 9.35. The van der Waals surface area contributed by atoms with Crippen molar-refractivity contribution >= 4 is 35.0 Å². The fourth-order valence-electron chi connectivity index (χ4n) is 6.14. The summed E-state index contributed by atoms with van der Waals surface area (Å²) < 4.78 is 35.0. The largest absolute Gasteiger partial charge is 0.494 e. The Hall–Kier alpha value is -4.03. The molecule has 3 fully saturated rings. The predicted molar refractivity (Wildman–Crippen MR) is 155 cm³/mol. The van der Waals surface area contributed by atoms with E-state index >= 15 is 0 Å². The summed E-state index contributed by atoms with van der Waals surface area (Å²) in [6.07, 6.45) is 2.44. The number of piperidine rings is 2. The van der Waals surface area contributed by atoms with Gasteiger partial charge < -0.3 is 30.2 Å². The summed E-state index contributed by atoms with van der Waals surface area (Å²) in [6.45, 7) is 2.82. The van der Waals surface area contributed by atoms with E-state index in [9.17, 15) is 23.2 Å². The van der Waals surface area contributed by atoms with Gasteiger partial charge in [-0.25, -0.2) is 9.37 Å². The second-order valence-corrected chi connectivity index (χ2v) is 11.6. The quantitative estimate of drug-likeness (QED) is 0.376.